The molecule has 5 nitrogen and oxygen atoms in total. The number of aryl methyl sites for hydroxylation is 3. The van der Waals surface area contributed by atoms with E-state index >= 15 is 0 Å². The molecule has 0 radical (unpaired) electrons. The summed E-state index contributed by atoms with van der Waals surface area (Å²) in [7, 11) is 1.80. The number of nitrogens with zero attached hydrogens (tertiary/aromatic N) is 3. The van der Waals surface area contributed by atoms with E-state index in [0.29, 0.717) is 28.7 Å². The maximum absolute atomic E-state index is 11.9. The van der Waals surface area contributed by atoms with E-state index in [2.05, 4.69) is 11.2 Å². The second-order valence-corrected chi connectivity index (χ2v) is 5.68. The Kier molecular flexibility index (Phi) is 2.60. The van der Waals surface area contributed by atoms with Crippen molar-refractivity contribution in [1.29, 1.82) is 0 Å². The predicted molar refractivity (Wildman–Crippen MR) is 83.0 cm³/mol. The number of rotatable bonds is 1. The molecule has 0 saturated carbocycles. The lowest BCUT2D eigenvalue weighted by Gasteiger charge is -2.21. The molecule has 22 heavy (non-hydrogen) atoms. The number of pyridine rings is 1. The summed E-state index contributed by atoms with van der Waals surface area (Å²) >= 11 is 0. The molecule has 1 N–H and O–H groups in total. The van der Waals surface area contributed by atoms with Crippen LogP contribution in [0.5, 0.6) is 0 Å². The molecular formula is C17H15N3O2. The Morgan fingerprint density at radius 1 is 1.27 bits per heavy atom. The molecule has 0 fully saturated rings. The van der Waals surface area contributed by atoms with Crippen molar-refractivity contribution in [3.8, 4) is 11.3 Å². The normalized spacial score (nSPS) is 13.0. The fourth-order valence-electron chi connectivity index (χ4n) is 3.44. The van der Waals surface area contributed by atoms with Gasteiger partial charge in [-0.3, -0.25) is 4.68 Å². The molecule has 0 aliphatic heterocycles. The molecule has 110 valence electrons. The van der Waals surface area contributed by atoms with Crippen LogP contribution in [0, 0.1) is 6.92 Å². The highest BCUT2D eigenvalue weighted by atomic mass is 16.4. The van der Waals surface area contributed by atoms with Crippen molar-refractivity contribution in [2.75, 3.05) is 0 Å². The predicted octanol–water partition coefficient (Wildman–Crippen LogP) is 2.74. The summed E-state index contributed by atoms with van der Waals surface area (Å²) in [5, 5.41) is 14.8. The topological polar surface area (TPSA) is 68.0 Å². The third-order valence-electron chi connectivity index (χ3n) is 4.38. The molecular weight excluding hydrogens is 278 g/mol. The van der Waals surface area contributed by atoms with E-state index in [9.17, 15) is 9.90 Å². The van der Waals surface area contributed by atoms with Gasteiger partial charge in [-0.2, -0.15) is 5.10 Å². The Morgan fingerprint density at radius 2 is 2.05 bits per heavy atom. The minimum absolute atomic E-state index is 0.361. The number of hydrogen-bond acceptors (Lipinski definition) is 3. The van der Waals surface area contributed by atoms with Gasteiger partial charge in [0.2, 0.25) is 0 Å². The van der Waals surface area contributed by atoms with Crippen LogP contribution in [0.3, 0.4) is 0 Å². The van der Waals surface area contributed by atoms with Gasteiger partial charge in [0, 0.05) is 12.6 Å². The smallest absolute Gasteiger partial charge is 0.336 e. The van der Waals surface area contributed by atoms with E-state index in [4.69, 9.17) is 4.98 Å². The zero-order valence-electron chi connectivity index (χ0n) is 12.4. The first-order chi connectivity index (χ1) is 10.6. The molecule has 1 aliphatic carbocycles. The molecule has 1 aliphatic rings. The Balaban J connectivity index is 2.18. The van der Waals surface area contributed by atoms with Crippen LogP contribution < -0.4 is 0 Å². The first kappa shape index (κ1) is 13.0. The van der Waals surface area contributed by atoms with Crippen molar-refractivity contribution in [3.05, 3.63) is 46.6 Å². The van der Waals surface area contributed by atoms with Gasteiger partial charge in [-0.15, -0.1) is 0 Å². The number of carboxylic acids is 1. The van der Waals surface area contributed by atoms with E-state index in [0.717, 1.165) is 23.2 Å². The van der Waals surface area contributed by atoms with E-state index in [1.165, 1.54) is 5.56 Å². The van der Waals surface area contributed by atoms with Gasteiger partial charge in [-0.05, 0) is 30.9 Å². The fourth-order valence-corrected chi connectivity index (χ4v) is 3.44. The Hall–Kier alpha value is -2.69. The number of carboxylic acid groups (broad SMARTS) is 1. The standard InChI is InChI=1S/C17H15N3O2/c1-9-13-14(17(21)22)12-8-7-10-5-3-4-6-11(10)15(12)18-16(13)20(2)19-9/h3-6H,7-8H2,1-2H3,(H,21,22). The summed E-state index contributed by atoms with van der Waals surface area (Å²) < 4.78 is 1.66. The zero-order valence-corrected chi connectivity index (χ0v) is 12.4. The Labute approximate surface area is 127 Å². The summed E-state index contributed by atoms with van der Waals surface area (Å²) in [5.74, 6) is -0.904. The molecule has 0 unspecified atom stereocenters. The van der Waals surface area contributed by atoms with Gasteiger partial charge in [0.05, 0.1) is 22.3 Å². The highest BCUT2D eigenvalue weighted by molar-refractivity contribution is 6.06. The first-order valence-corrected chi connectivity index (χ1v) is 7.25. The molecule has 0 bridgehead atoms. The zero-order chi connectivity index (χ0) is 15.4. The van der Waals surface area contributed by atoms with Crippen LogP contribution in [0.2, 0.25) is 0 Å². The number of benzene rings is 1. The second-order valence-electron chi connectivity index (χ2n) is 5.68. The number of carbonyl (C=O) groups is 1. The quantitative estimate of drug-likeness (QED) is 0.749. The minimum atomic E-state index is -0.904. The number of aromatic carboxylic acids is 1. The maximum atomic E-state index is 11.9. The van der Waals surface area contributed by atoms with Crippen molar-refractivity contribution < 1.29 is 9.90 Å². The van der Waals surface area contributed by atoms with Gasteiger partial charge in [-0.25, -0.2) is 9.78 Å². The molecule has 4 rings (SSSR count). The van der Waals surface area contributed by atoms with Crippen LogP contribution in [0.25, 0.3) is 22.3 Å². The van der Waals surface area contributed by atoms with Crippen LogP contribution in [0.1, 0.15) is 27.2 Å². The first-order valence-electron chi connectivity index (χ1n) is 7.25. The molecule has 2 aromatic heterocycles. The summed E-state index contributed by atoms with van der Waals surface area (Å²) in [4.78, 5) is 16.7. The lowest BCUT2D eigenvalue weighted by molar-refractivity contribution is 0.0697. The molecule has 1 aromatic carbocycles. The second kappa shape index (κ2) is 4.40. The summed E-state index contributed by atoms with van der Waals surface area (Å²) in [5.41, 5.74) is 5.57. The van der Waals surface area contributed by atoms with E-state index in [1.54, 1.807) is 11.7 Å². The summed E-state index contributed by atoms with van der Waals surface area (Å²) in [6.45, 7) is 1.83. The van der Waals surface area contributed by atoms with Crippen molar-refractivity contribution in [2.24, 2.45) is 7.05 Å². The highest BCUT2D eigenvalue weighted by Crippen LogP contribution is 2.37. The number of aromatic nitrogens is 3. The van der Waals surface area contributed by atoms with Gasteiger partial charge in [-0.1, -0.05) is 24.3 Å². The van der Waals surface area contributed by atoms with Crippen molar-refractivity contribution in [2.45, 2.75) is 19.8 Å². The molecule has 5 heteroatoms. The van der Waals surface area contributed by atoms with E-state index < -0.39 is 5.97 Å². The van der Waals surface area contributed by atoms with Crippen molar-refractivity contribution >= 4 is 17.0 Å². The van der Waals surface area contributed by atoms with Gasteiger partial charge in [0.15, 0.2) is 5.65 Å². The van der Waals surface area contributed by atoms with Gasteiger partial charge in [0.25, 0.3) is 0 Å². The summed E-state index contributed by atoms with van der Waals surface area (Å²) in [6.07, 6.45) is 1.54. The fraction of sp³-hybridized carbons (Fsp3) is 0.235. The molecule has 0 amide bonds. The van der Waals surface area contributed by atoms with Crippen molar-refractivity contribution in [3.63, 3.8) is 0 Å². The molecule has 0 atom stereocenters. The number of fused-ring (bicyclic) bond motifs is 4. The van der Waals surface area contributed by atoms with Crippen LogP contribution in [0.4, 0.5) is 0 Å². The maximum Gasteiger partial charge on any atom is 0.336 e. The average Bonchev–Trinajstić information content (AvgIpc) is 2.79. The van der Waals surface area contributed by atoms with Crippen LogP contribution in [0.15, 0.2) is 24.3 Å². The van der Waals surface area contributed by atoms with Crippen molar-refractivity contribution in [1.82, 2.24) is 14.8 Å². The molecule has 0 spiro atoms. The average molecular weight is 293 g/mol. The molecule has 0 saturated heterocycles. The monoisotopic (exact) mass is 293 g/mol. The number of hydrogen-bond donors (Lipinski definition) is 1. The van der Waals surface area contributed by atoms with Crippen LogP contribution >= 0.6 is 0 Å². The third-order valence-corrected chi connectivity index (χ3v) is 4.38. The lowest BCUT2D eigenvalue weighted by Crippen LogP contribution is -2.13. The van der Waals surface area contributed by atoms with Gasteiger partial charge in [0.1, 0.15) is 0 Å². The molecule has 2 heterocycles. The van der Waals surface area contributed by atoms with Gasteiger partial charge >= 0.3 is 5.97 Å². The molecule has 3 aromatic rings. The Morgan fingerprint density at radius 3 is 2.82 bits per heavy atom. The van der Waals surface area contributed by atoms with Crippen LogP contribution in [-0.4, -0.2) is 25.8 Å². The lowest BCUT2D eigenvalue weighted by atomic mass is 9.85. The SMILES string of the molecule is Cc1nn(C)c2nc3c(c(C(=O)O)c12)CCc1ccccc1-3. The summed E-state index contributed by atoms with van der Waals surface area (Å²) in [6, 6.07) is 8.07. The highest BCUT2D eigenvalue weighted by Gasteiger charge is 2.27. The van der Waals surface area contributed by atoms with E-state index in [1.807, 2.05) is 25.1 Å². The minimum Gasteiger partial charge on any atom is -0.478 e. The largest absolute Gasteiger partial charge is 0.478 e. The van der Waals surface area contributed by atoms with Crippen LogP contribution in [-0.2, 0) is 19.9 Å². The van der Waals surface area contributed by atoms with E-state index in [-0.39, 0.29) is 0 Å². The Bertz CT molecular complexity index is 941. The third kappa shape index (κ3) is 1.62. The van der Waals surface area contributed by atoms with Gasteiger partial charge < -0.3 is 5.11 Å².